The Morgan fingerprint density at radius 2 is 2.05 bits per heavy atom. The van der Waals surface area contributed by atoms with Crippen molar-refractivity contribution in [1.29, 1.82) is 0 Å². The molecule has 2 saturated carbocycles. The van der Waals surface area contributed by atoms with E-state index in [0.717, 1.165) is 25.4 Å². The Labute approximate surface area is 134 Å². The molecule has 2 aliphatic carbocycles. The van der Waals surface area contributed by atoms with Crippen molar-refractivity contribution in [2.75, 3.05) is 26.2 Å². The molecule has 1 heterocycles. The Bertz CT molecular complexity index is 382. The van der Waals surface area contributed by atoms with Crippen molar-refractivity contribution in [3.63, 3.8) is 0 Å². The summed E-state index contributed by atoms with van der Waals surface area (Å²) in [6.07, 6.45) is 8.74. The first-order valence-corrected chi connectivity index (χ1v) is 9.11. The van der Waals surface area contributed by atoms with Crippen LogP contribution >= 0.6 is 0 Å². The number of nitrogens with one attached hydrogen (secondary N) is 1. The summed E-state index contributed by atoms with van der Waals surface area (Å²) in [5, 5.41) is 12.3. The summed E-state index contributed by atoms with van der Waals surface area (Å²) in [4.78, 5) is 16.9. The number of aliphatic hydroxyl groups is 1. The molecule has 0 aromatic carbocycles. The van der Waals surface area contributed by atoms with Crippen molar-refractivity contribution in [1.82, 2.24) is 15.1 Å². The maximum Gasteiger partial charge on any atom is 0.317 e. The smallest absolute Gasteiger partial charge is 0.317 e. The lowest BCUT2D eigenvalue weighted by molar-refractivity contribution is 0.0666. The molecule has 0 spiro atoms. The second-order valence-electron chi connectivity index (χ2n) is 7.37. The van der Waals surface area contributed by atoms with Crippen LogP contribution in [0.5, 0.6) is 0 Å². The average Bonchev–Trinajstić information content (AvgIpc) is 3.27. The average molecular weight is 309 g/mol. The van der Waals surface area contributed by atoms with Crippen LogP contribution in [0.4, 0.5) is 4.79 Å². The molecule has 3 rings (SSSR count). The van der Waals surface area contributed by atoms with E-state index < -0.39 is 0 Å². The number of piperidine rings is 1. The lowest BCUT2D eigenvalue weighted by atomic mass is 9.86. The molecule has 1 saturated heterocycles. The van der Waals surface area contributed by atoms with Crippen molar-refractivity contribution in [2.45, 2.75) is 70.0 Å². The van der Waals surface area contributed by atoms with Crippen LogP contribution in [0.15, 0.2) is 0 Å². The van der Waals surface area contributed by atoms with Crippen molar-refractivity contribution < 1.29 is 9.90 Å². The van der Waals surface area contributed by atoms with Gasteiger partial charge in [0.15, 0.2) is 0 Å². The van der Waals surface area contributed by atoms with Gasteiger partial charge in [-0.05, 0) is 57.9 Å². The summed E-state index contributed by atoms with van der Waals surface area (Å²) in [5.41, 5.74) is 0. The third-order valence-electron chi connectivity index (χ3n) is 5.73. The van der Waals surface area contributed by atoms with Gasteiger partial charge >= 0.3 is 6.03 Å². The third kappa shape index (κ3) is 3.74. The standard InChI is InChI=1S/C17H31N3O2/c1-13(18-17(22)20(10-11-21)16-7-8-16)14-4-3-9-19(12-14)15-5-2-6-15/h13-16,21H,2-12H2,1H3,(H,18,22)/t13-,14+/m0/s1. The zero-order valence-corrected chi connectivity index (χ0v) is 13.8. The van der Waals surface area contributed by atoms with Crippen molar-refractivity contribution in [3.8, 4) is 0 Å². The van der Waals surface area contributed by atoms with E-state index in [1.807, 2.05) is 4.90 Å². The monoisotopic (exact) mass is 309 g/mol. The van der Waals surface area contributed by atoms with Crippen LogP contribution in [0.2, 0.25) is 0 Å². The summed E-state index contributed by atoms with van der Waals surface area (Å²) in [6.45, 7) is 5.03. The lowest BCUT2D eigenvalue weighted by Gasteiger charge is -2.44. The largest absolute Gasteiger partial charge is 0.395 e. The molecule has 0 aromatic heterocycles. The SMILES string of the molecule is C[C@H](NC(=O)N(CCO)C1CC1)[C@@H]1CCCN(C2CCC2)C1. The summed E-state index contributed by atoms with van der Waals surface area (Å²) < 4.78 is 0. The molecule has 2 amide bonds. The first-order valence-electron chi connectivity index (χ1n) is 9.11. The Morgan fingerprint density at radius 3 is 2.64 bits per heavy atom. The number of urea groups is 1. The zero-order valence-electron chi connectivity index (χ0n) is 13.8. The van der Waals surface area contributed by atoms with E-state index in [2.05, 4.69) is 17.1 Å². The summed E-state index contributed by atoms with van der Waals surface area (Å²) in [6, 6.07) is 1.40. The molecule has 1 aliphatic heterocycles. The Balaban J connectivity index is 1.49. The van der Waals surface area contributed by atoms with Gasteiger partial charge in [0.25, 0.3) is 0 Å². The van der Waals surface area contributed by atoms with Gasteiger partial charge in [0.2, 0.25) is 0 Å². The second kappa shape index (κ2) is 7.18. The van der Waals surface area contributed by atoms with E-state index in [4.69, 9.17) is 5.11 Å². The van der Waals surface area contributed by atoms with Crippen LogP contribution in [-0.4, -0.2) is 65.3 Å². The normalized spacial score (nSPS) is 28.0. The number of hydrogen-bond donors (Lipinski definition) is 2. The number of aliphatic hydroxyl groups excluding tert-OH is 1. The molecule has 22 heavy (non-hydrogen) atoms. The molecular formula is C17H31N3O2. The van der Waals surface area contributed by atoms with Crippen LogP contribution in [-0.2, 0) is 0 Å². The third-order valence-corrected chi connectivity index (χ3v) is 5.73. The number of hydrogen-bond acceptors (Lipinski definition) is 3. The van der Waals surface area contributed by atoms with Crippen molar-refractivity contribution >= 4 is 6.03 Å². The maximum atomic E-state index is 12.4. The number of amides is 2. The minimum atomic E-state index is 0.0183. The number of likely N-dealkylation sites (tertiary alicyclic amines) is 1. The molecule has 0 unspecified atom stereocenters. The Hall–Kier alpha value is -0.810. The van der Waals surface area contributed by atoms with Gasteiger partial charge < -0.3 is 20.2 Å². The van der Waals surface area contributed by atoms with Crippen molar-refractivity contribution in [2.24, 2.45) is 5.92 Å². The first-order chi connectivity index (χ1) is 10.7. The number of carbonyl (C=O) groups excluding carboxylic acids is 1. The molecule has 5 heteroatoms. The van der Waals surface area contributed by atoms with Gasteiger partial charge in [-0.25, -0.2) is 4.79 Å². The molecule has 3 aliphatic rings. The van der Waals surface area contributed by atoms with Gasteiger partial charge in [0.1, 0.15) is 0 Å². The lowest BCUT2D eigenvalue weighted by Crippen LogP contribution is -2.53. The fourth-order valence-electron chi connectivity index (χ4n) is 3.87. The molecule has 5 nitrogen and oxygen atoms in total. The number of nitrogens with zero attached hydrogens (tertiary/aromatic N) is 2. The quantitative estimate of drug-likeness (QED) is 0.787. The highest BCUT2D eigenvalue weighted by Crippen LogP contribution is 2.30. The minimum Gasteiger partial charge on any atom is -0.395 e. The van der Waals surface area contributed by atoms with Crippen LogP contribution in [0.1, 0.15) is 51.9 Å². The highest BCUT2D eigenvalue weighted by Gasteiger charge is 2.35. The molecule has 3 fully saturated rings. The van der Waals surface area contributed by atoms with E-state index in [9.17, 15) is 4.79 Å². The Morgan fingerprint density at radius 1 is 1.27 bits per heavy atom. The molecule has 2 N–H and O–H groups in total. The summed E-state index contributed by atoms with van der Waals surface area (Å²) >= 11 is 0. The van der Waals surface area contributed by atoms with Crippen LogP contribution < -0.4 is 5.32 Å². The van der Waals surface area contributed by atoms with Gasteiger partial charge in [0.05, 0.1) is 6.61 Å². The van der Waals surface area contributed by atoms with E-state index in [1.165, 1.54) is 38.6 Å². The highest BCUT2D eigenvalue weighted by atomic mass is 16.3. The Kier molecular flexibility index (Phi) is 5.24. The van der Waals surface area contributed by atoms with E-state index in [-0.39, 0.29) is 18.7 Å². The van der Waals surface area contributed by atoms with Crippen LogP contribution in [0.3, 0.4) is 0 Å². The van der Waals surface area contributed by atoms with Crippen LogP contribution in [0, 0.1) is 5.92 Å². The van der Waals surface area contributed by atoms with Gasteiger partial charge in [-0.15, -0.1) is 0 Å². The highest BCUT2D eigenvalue weighted by molar-refractivity contribution is 5.75. The molecule has 0 bridgehead atoms. The van der Waals surface area contributed by atoms with Crippen LogP contribution in [0.25, 0.3) is 0 Å². The molecular weight excluding hydrogens is 278 g/mol. The van der Waals surface area contributed by atoms with E-state index in [1.54, 1.807) is 0 Å². The van der Waals surface area contributed by atoms with Gasteiger partial charge in [-0.3, -0.25) is 0 Å². The van der Waals surface area contributed by atoms with Gasteiger partial charge in [0, 0.05) is 31.2 Å². The molecule has 0 aromatic rings. The fourth-order valence-corrected chi connectivity index (χ4v) is 3.87. The summed E-state index contributed by atoms with van der Waals surface area (Å²) in [7, 11) is 0. The molecule has 2 atom stereocenters. The predicted octanol–water partition coefficient (Wildman–Crippen LogP) is 1.81. The molecule has 126 valence electrons. The van der Waals surface area contributed by atoms with E-state index >= 15 is 0 Å². The molecule has 0 radical (unpaired) electrons. The number of carbonyl (C=O) groups is 1. The topological polar surface area (TPSA) is 55.8 Å². The van der Waals surface area contributed by atoms with Gasteiger partial charge in [-0.2, -0.15) is 0 Å². The van der Waals surface area contributed by atoms with E-state index in [0.29, 0.717) is 18.5 Å². The first kappa shape index (κ1) is 16.1. The fraction of sp³-hybridized carbons (Fsp3) is 0.941. The number of rotatable bonds is 6. The van der Waals surface area contributed by atoms with Gasteiger partial charge in [-0.1, -0.05) is 6.42 Å². The second-order valence-corrected chi connectivity index (χ2v) is 7.37. The van der Waals surface area contributed by atoms with Crippen molar-refractivity contribution in [3.05, 3.63) is 0 Å². The predicted molar refractivity (Wildman–Crippen MR) is 86.7 cm³/mol. The zero-order chi connectivity index (χ0) is 15.5. The minimum absolute atomic E-state index is 0.0183. The maximum absolute atomic E-state index is 12.4. The summed E-state index contributed by atoms with van der Waals surface area (Å²) in [5.74, 6) is 0.563.